The average Bonchev–Trinajstić information content (AvgIpc) is 2.86. The molecule has 6 heteroatoms. The van der Waals surface area contributed by atoms with Gasteiger partial charge in [-0.1, -0.05) is 0 Å². The Hall–Kier alpha value is 2.00. The van der Waals surface area contributed by atoms with Crippen LogP contribution in [0.2, 0.25) is 0 Å². The Balaban J connectivity index is 2.01. The summed E-state index contributed by atoms with van der Waals surface area (Å²) in [7, 11) is 0. The molecular weight excluding hydrogens is 476 g/mol. The molecule has 76 valence electrons. The zero-order chi connectivity index (χ0) is 9.97. The molecule has 0 fully saturated rings. The molecule has 14 heavy (non-hydrogen) atoms. The summed E-state index contributed by atoms with van der Waals surface area (Å²) in [6, 6.07) is 0. The Morgan fingerprint density at radius 1 is 0.857 bits per heavy atom. The van der Waals surface area contributed by atoms with Gasteiger partial charge in [0, 0.05) is 0 Å². The molecule has 0 aliphatic carbocycles. The average molecular weight is 484 g/mol. The molecule has 0 radical (unpaired) electrons. The van der Waals surface area contributed by atoms with E-state index in [2.05, 4.69) is 22.5 Å². The van der Waals surface area contributed by atoms with E-state index in [9.17, 15) is 0 Å². The van der Waals surface area contributed by atoms with Crippen molar-refractivity contribution in [2.45, 2.75) is 0 Å². The second-order valence-electron chi connectivity index (χ2n) is 2.30. The van der Waals surface area contributed by atoms with Crippen LogP contribution in [0.1, 0.15) is 0 Å². The van der Waals surface area contributed by atoms with Crippen LogP contribution in [0.15, 0.2) is 24.3 Å². The van der Waals surface area contributed by atoms with E-state index in [1.807, 2.05) is 30.3 Å². The standard InChI is InChI=1S/C8H8S2Se4/c1-9-5-3-11-7(13-5)8-12-4-6(10-2)14-8/h3-4H,1-2H3/b8-7-. The first-order valence-corrected chi connectivity index (χ1v) is 13.3. The van der Waals surface area contributed by atoms with Crippen LogP contribution in [0.25, 0.3) is 0 Å². The van der Waals surface area contributed by atoms with E-state index >= 15 is 0 Å². The maximum atomic E-state index is 2.50. The van der Waals surface area contributed by atoms with Crippen molar-refractivity contribution >= 4 is 83.4 Å². The molecule has 2 rings (SSSR count). The van der Waals surface area contributed by atoms with Crippen LogP contribution in [0.5, 0.6) is 0 Å². The molecule has 0 spiro atoms. The molecule has 0 unspecified atom stereocenters. The molecule has 0 amide bonds. The Kier molecular flexibility index (Phi) is 5.40. The summed E-state index contributed by atoms with van der Waals surface area (Å²) in [5.74, 6) is 0. The zero-order valence-electron chi connectivity index (χ0n) is 7.60. The van der Waals surface area contributed by atoms with Crippen LogP contribution in [0.4, 0.5) is 0 Å². The van der Waals surface area contributed by atoms with Crippen LogP contribution in [-0.4, -0.2) is 72.3 Å². The first-order valence-electron chi connectivity index (χ1n) is 3.75. The van der Waals surface area contributed by atoms with Gasteiger partial charge in [0.15, 0.2) is 0 Å². The molecule has 0 aromatic carbocycles. The van der Waals surface area contributed by atoms with Crippen molar-refractivity contribution in [2.75, 3.05) is 12.5 Å². The molecule has 0 bridgehead atoms. The van der Waals surface area contributed by atoms with Crippen LogP contribution in [0.3, 0.4) is 0 Å². The summed E-state index contributed by atoms with van der Waals surface area (Å²) in [5.41, 5.74) is 0. The first-order chi connectivity index (χ1) is 6.83. The first kappa shape index (κ1) is 12.5. The fourth-order valence-electron chi connectivity index (χ4n) is 0.841. The number of hydrogen-bond donors (Lipinski definition) is 0. The third-order valence-corrected chi connectivity index (χ3v) is 20.4. The van der Waals surface area contributed by atoms with Gasteiger partial charge in [0.1, 0.15) is 0 Å². The fraction of sp³-hybridized carbons (Fsp3) is 0.250. The van der Waals surface area contributed by atoms with Gasteiger partial charge in [0.25, 0.3) is 0 Å². The maximum absolute atomic E-state index is 2.50. The van der Waals surface area contributed by atoms with E-state index < -0.39 is 0 Å². The van der Waals surface area contributed by atoms with Crippen molar-refractivity contribution in [1.29, 1.82) is 0 Å². The molecule has 0 N–H and O–H groups in total. The summed E-state index contributed by atoms with van der Waals surface area (Å²) in [5, 5.41) is 0. The Labute approximate surface area is 119 Å². The van der Waals surface area contributed by atoms with Crippen LogP contribution in [0, 0.1) is 0 Å². The normalized spacial score (nSPS) is 26.7. The molecule has 2 aliphatic rings. The minimum atomic E-state index is 0.721. The molecule has 2 heterocycles. The van der Waals surface area contributed by atoms with Crippen molar-refractivity contribution in [3.8, 4) is 0 Å². The van der Waals surface area contributed by atoms with Crippen LogP contribution >= 0.6 is 23.5 Å². The molecule has 0 saturated carbocycles. The van der Waals surface area contributed by atoms with Crippen molar-refractivity contribution < 1.29 is 0 Å². The molecule has 2 aliphatic heterocycles. The van der Waals surface area contributed by atoms with E-state index in [0.717, 1.165) is 59.8 Å². The van der Waals surface area contributed by atoms with Gasteiger partial charge < -0.3 is 0 Å². The molecule has 0 saturated heterocycles. The van der Waals surface area contributed by atoms with E-state index in [1.165, 1.54) is 0 Å². The van der Waals surface area contributed by atoms with E-state index in [-0.39, 0.29) is 0 Å². The van der Waals surface area contributed by atoms with Gasteiger partial charge in [-0.25, -0.2) is 0 Å². The SMILES string of the molecule is CSC1=C[Se]/C(=C2\[Se]C=C(SC)[Se]2)[Se]1. The summed E-state index contributed by atoms with van der Waals surface area (Å²) in [6.45, 7) is 0. The van der Waals surface area contributed by atoms with Crippen molar-refractivity contribution in [2.24, 2.45) is 0 Å². The van der Waals surface area contributed by atoms with Gasteiger partial charge in [-0.05, 0) is 0 Å². The summed E-state index contributed by atoms with van der Waals surface area (Å²) in [6.07, 6.45) is 4.43. The van der Waals surface area contributed by atoms with Gasteiger partial charge in [-0.2, -0.15) is 0 Å². The monoisotopic (exact) mass is 488 g/mol. The van der Waals surface area contributed by atoms with E-state index in [1.54, 1.807) is 7.61 Å². The zero-order valence-corrected chi connectivity index (χ0v) is 16.1. The Morgan fingerprint density at radius 3 is 1.57 bits per heavy atom. The van der Waals surface area contributed by atoms with E-state index in [0.29, 0.717) is 0 Å². The van der Waals surface area contributed by atoms with E-state index in [4.69, 9.17) is 0 Å². The number of hydrogen-bond acceptors (Lipinski definition) is 2. The Bertz CT molecular complexity index is 300. The van der Waals surface area contributed by atoms with Crippen molar-refractivity contribution in [1.82, 2.24) is 0 Å². The quantitative estimate of drug-likeness (QED) is 0.543. The Morgan fingerprint density at radius 2 is 1.29 bits per heavy atom. The molecule has 0 nitrogen and oxygen atoms in total. The van der Waals surface area contributed by atoms with Gasteiger partial charge >= 0.3 is 120 Å². The predicted molar refractivity (Wildman–Crippen MR) is 73.2 cm³/mol. The van der Waals surface area contributed by atoms with Crippen molar-refractivity contribution in [3.05, 3.63) is 24.3 Å². The van der Waals surface area contributed by atoms with Gasteiger partial charge in [-0.15, -0.1) is 0 Å². The van der Waals surface area contributed by atoms with Gasteiger partial charge in [0.05, 0.1) is 0 Å². The topological polar surface area (TPSA) is 0 Å². The molecule has 0 aromatic rings. The van der Waals surface area contributed by atoms with Crippen molar-refractivity contribution in [3.63, 3.8) is 0 Å². The van der Waals surface area contributed by atoms with Crippen LogP contribution < -0.4 is 0 Å². The summed E-state index contributed by atoms with van der Waals surface area (Å²) < 4.78 is 7.08. The third-order valence-electron chi connectivity index (χ3n) is 1.48. The fourth-order valence-corrected chi connectivity index (χ4v) is 18.9. The summed E-state index contributed by atoms with van der Waals surface area (Å²) in [4.78, 5) is 5.01. The third kappa shape index (κ3) is 3.02. The predicted octanol–water partition coefficient (Wildman–Crippen LogP) is 1.28. The van der Waals surface area contributed by atoms with Gasteiger partial charge in [-0.3, -0.25) is 0 Å². The second kappa shape index (κ2) is 6.07. The molecule has 0 aromatic heterocycles. The van der Waals surface area contributed by atoms with Crippen LogP contribution in [-0.2, 0) is 0 Å². The summed E-state index contributed by atoms with van der Waals surface area (Å²) >= 11 is 6.81. The molecule has 0 atom stereocenters. The molecular formula is C8H8S2Se4. The number of rotatable bonds is 2. The number of thioether (sulfide) groups is 2. The second-order valence-corrected chi connectivity index (χ2v) is 15.9. The minimum absolute atomic E-state index is 0.721. The van der Waals surface area contributed by atoms with Gasteiger partial charge in [0.2, 0.25) is 0 Å².